The van der Waals surface area contributed by atoms with E-state index in [-0.39, 0.29) is 43.6 Å². The van der Waals surface area contributed by atoms with E-state index in [1.807, 2.05) is 13.8 Å². The molecule has 0 aromatic heterocycles. The molecule has 3 atom stereocenters. The van der Waals surface area contributed by atoms with Crippen LogP contribution in [0, 0.1) is 5.92 Å². The zero-order valence-corrected chi connectivity index (χ0v) is 18.2. The summed E-state index contributed by atoms with van der Waals surface area (Å²) in [5.74, 6) is -3.10. The number of carboxylic acid groups (broad SMARTS) is 1. The summed E-state index contributed by atoms with van der Waals surface area (Å²) in [7, 11) is 0. The topological polar surface area (TPSA) is 215 Å². The van der Waals surface area contributed by atoms with Gasteiger partial charge in [0.1, 0.15) is 18.1 Å². The Kier molecular flexibility index (Phi) is 13.2. The van der Waals surface area contributed by atoms with E-state index in [1.54, 1.807) is 0 Å². The number of thiol groups is 1. The fourth-order valence-electron chi connectivity index (χ4n) is 2.46. The SMILES string of the molecule is CC(C)CC(NC(=O)C(CS)NC(=O)CN)C(=O)NC(CCCN=C(N)N)C(=O)O. The third-order valence-electron chi connectivity index (χ3n) is 3.92. The Balaban J connectivity index is 5.13. The van der Waals surface area contributed by atoms with Crippen molar-refractivity contribution < 1.29 is 24.3 Å². The van der Waals surface area contributed by atoms with Gasteiger partial charge in [0.05, 0.1) is 6.54 Å². The Morgan fingerprint density at radius 1 is 1.00 bits per heavy atom. The van der Waals surface area contributed by atoms with Gasteiger partial charge in [0, 0.05) is 12.3 Å². The van der Waals surface area contributed by atoms with Crippen molar-refractivity contribution in [3.8, 4) is 0 Å². The van der Waals surface area contributed by atoms with Crippen molar-refractivity contribution in [2.24, 2.45) is 28.1 Å². The molecule has 0 rings (SSSR count). The number of hydrogen-bond donors (Lipinski definition) is 8. The first-order valence-corrected chi connectivity index (χ1v) is 10.1. The molecule has 0 bridgehead atoms. The Morgan fingerprint density at radius 3 is 2.03 bits per heavy atom. The molecule has 0 spiro atoms. The molecule has 0 aliphatic heterocycles. The summed E-state index contributed by atoms with van der Waals surface area (Å²) >= 11 is 4.03. The minimum Gasteiger partial charge on any atom is -0.480 e. The lowest BCUT2D eigenvalue weighted by atomic mass is 10.0. The van der Waals surface area contributed by atoms with E-state index in [0.29, 0.717) is 6.42 Å². The highest BCUT2D eigenvalue weighted by atomic mass is 32.1. The molecule has 30 heavy (non-hydrogen) atoms. The number of guanidine groups is 1. The number of aliphatic imine (C=N–C) groups is 1. The first-order chi connectivity index (χ1) is 14.0. The second-order valence-electron chi connectivity index (χ2n) is 7.05. The number of hydrogen-bond acceptors (Lipinski definition) is 7. The summed E-state index contributed by atoms with van der Waals surface area (Å²) < 4.78 is 0. The molecule has 10 N–H and O–H groups in total. The first-order valence-electron chi connectivity index (χ1n) is 9.51. The number of rotatable bonds is 14. The maximum absolute atomic E-state index is 12.7. The predicted octanol–water partition coefficient (Wildman–Crippen LogP) is -2.49. The second-order valence-corrected chi connectivity index (χ2v) is 7.41. The highest BCUT2D eigenvalue weighted by Gasteiger charge is 2.29. The van der Waals surface area contributed by atoms with Crippen molar-refractivity contribution >= 4 is 42.3 Å². The fourth-order valence-corrected chi connectivity index (χ4v) is 2.71. The molecule has 0 aromatic carbocycles. The lowest BCUT2D eigenvalue weighted by Gasteiger charge is -2.25. The van der Waals surface area contributed by atoms with Crippen LogP contribution in [0.4, 0.5) is 0 Å². The van der Waals surface area contributed by atoms with Crippen molar-refractivity contribution in [2.45, 2.75) is 51.2 Å². The van der Waals surface area contributed by atoms with Crippen LogP contribution in [0.3, 0.4) is 0 Å². The van der Waals surface area contributed by atoms with Gasteiger partial charge in [0.15, 0.2) is 5.96 Å². The normalized spacial score (nSPS) is 13.6. The molecule has 0 heterocycles. The number of aliphatic carboxylic acids is 1. The zero-order valence-electron chi connectivity index (χ0n) is 17.3. The number of nitrogens with two attached hydrogens (primary N) is 3. The van der Waals surface area contributed by atoms with Gasteiger partial charge in [0.2, 0.25) is 17.7 Å². The molecular weight excluding hydrogens is 414 g/mol. The van der Waals surface area contributed by atoms with Crippen molar-refractivity contribution in [2.75, 3.05) is 18.8 Å². The monoisotopic (exact) mass is 447 g/mol. The highest BCUT2D eigenvalue weighted by molar-refractivity contribution is 7.80. The molecule has 3 unspecified atom stereocenters. The lowest BCUT2D eigenvalue weighted by molar-refractivity contribution is -0.142. The van der Waals surface area contributed by atoms with Crippen LogP contribution < -0.4 is 33.2 Å². The molecule has 0 fully saturated rings. The van der Waals surface area contributed by atoms with Crippen LogP contribution in [-0.2, 0) is 19.2 Å². The van der Waals surface area contributed by atoms with E-state index in [1.165, 1.54) is 0 Å². The summed E-state index contributed by atoms with van der Waals surface area (Å²) in [6, 6.07) is -3.15. The summed E-state index contributed by atoms with van der Waals surface area (Å²) in [6.45, 7) is 3.62. The molecule has 0 aliphatic rings. The molecule has 0 aromatic rings. The van der Waals surface area contributed by atoms with Gasteiger partial charge in [-0.2, -0.15) is 12.6 Å². The number of carbonyl (C=O) groups is 4. The second kappa shape index (κ2) is 14.4. The first kappa shape index (κ1) is 27.5. The van der Waals surface area contributed by atoms with E-state index >= 15 is 0 Å². The van der Waals surface area contributed by atoms with Crippen molar-refractivity contribution in [1.82, 2.24) is 16.0 Å². The smallest absolute Gasteiger partial charge is 0.326 e. The Morgan fingerprint density at radius 2 is 1.57 bits per heavy atom. The van der Waals surface area contributed by atoms with E-state index in [0.717, 1.165) is 0 Å². The largest absolute Gasteiger partial charge is 0.480 e. The summed E-state index contributed by atoms with van der Waals surface area (Å²) in [5.41, 5.74) is 15.7. The van der Waals surface area contributed by atoms with Gasteiger partial charge in [-0.3, -0.25) is 19.4 Å². The Labute approximate surface area is 181 Å². The third-order valence-corrected chi connectivity index (χ3v) is 4.28. The van der Waals surface area contributed by atoms with Crippen LogP contribution in [0.5, 0.6) is 0 Å². The maximum Gasteiger partial charge on any atom is 0.326 e. The molecule has 0 saturated carbocycles. The van der Waals surface area contributed by atoms with Gasteiger partial charge < -0.3 is 38.3 Å². The quantitative estimate of drug-likeness (QED) is 0.0615. The molecular formula is C17H33N7O5S. The minimum absolute atomic E-state index is 0.00384. The third kappa shape index (κ3) is 11.5. The number of nitrogens with zero attached hydrogens (tertiary/aromatic N) is 1. The van der Waals surface area contributed by atoms with Gasteiger partial charge >= 0.3 is 5.97 Å². The molecule has 3 amide bonds. The number of amides is 3. The molecule has 12 nitrogen and oxygen atoms in total. The molecule has 0 radical (unpaired) electrons. The average molecular weight is 448 g/mol. The Hall–Kier alpha value is -2.54. The van der Waals surface area contributed by atoms with E-state index in [2.05, 4.69) is 33.6 Å². The predicted molar refractivity (Wildman–Crippen MR) is 116 cm³/mol. The lowest BCUT2D eigenvalue weighted by Crippen LogP contribution is -2.57. The minimum atomic E-state index is -1.22. The van der Waals surface area contributed by atoms with Crippen LogP contribution in [0.15, 0.2) is 4.99 Å². The number of carbonyl (C=O) groups excluding carboxylic acids is 3. The average Bonchev–Trinajstić information content (AvgIpc) is 2.66. The standard InChI is InChI=1S/C17H33N7O5S/c1-9(2)6-11(24-15(27)12(8-30)22-13(25)7-18)14(26)23-10(16(28)29)4-3-5-21-17(19)20/h9-12,30H,3-8,18H2,1-2H3,(H,22,25)(H,23,26)(H,24,27)(H,28,29)(H4,19,20,21). The number of carboxylic acids is 1. The van der Waals surface area contributed by atoms with Crippen molar-refractivity contribution in [1.29, 1.82) is 0 Å². The van der Waals surface area contributed by atoms with Crippen LogP contribution >= 0.6 is 12.6 Å². The molecule has 0 aliphatic carbocycles. The van der Waals surface area contributed by atoms with Crippen LogP contribution in [0.25, 0.3) is 0 Å². The van der Waals surface area contributed by atoms with Gasteiger partial charge in [-0.25, -0.2) is 4.79 Å². The summed E-state index contributed by atoms with van der Waals surface area (Å²) in [5, 5.41) is 16.8. The van der Waals surface area contributed by atoms with Gasteiger partial charge in [-0.15, -0.1) is 0 Å². The fraction of sp³-hybridized carbons (Fsp3) is 0.706. The van der Waals surface area contributed by atoms with E-state index < -0.39 is 41.8 Å². The number of nitrogens with one attached hydrogen (secondary N) is 3. The molecule has 13 heteroatoms. The van der Waals surface area contributed by atoms with Gasteiger partial charge in [-0.1, -0.05) is 13.8 Å². The van der Waals surface area contributed by atoms with Gasteiger partial charge in [-0.05, 0) is 25.2 Å². The van der Waals surface area contributed by atoms with E-state index in [9.17, 15) is 24.3 Å². The summed E-state index contributed by atoms with van der Waals surface area (Å²) in [6.07, 6.45) is 0.706. The van der Waals surface area contributed by atoms with E-state index in [4.69, 9.17) is 17.2 Å². The van der Waals surface area contributed by atoms with Crippen molar-refractivity contribution in [3.63, 3.8) is 0 Å². The Bertz CT molecular complexity index is 626. The molecule has 172 valence electrons. The maximum atomic E-state index is 12.7. The van der Waals surface area contributed by atoms with Crippen LogP contribution in [0.2, 0.25) is 0 Å². The highest BCUT2D eigenvalue weighted by Crippen LogP contribution is 2.07. The zero-order chi connectivity index (χ0) is 23.3. The molecule has 0 saturated heterocycles. The van der Waals surface area contributed by atoms with Crippen LogP contribution in [0.1, 0.15) is 33.1 Å². The van der Waals surface area contributed by atoms with Crippen molar-refractivity contribution in [3.05, 3.63) is 0 Å². The van der Waals surface area contributed by atoms with Crippen LogP contribution in [-0.4, -0.2) is 71.7 Å². The summed E-state index contributed by atoms with van der Waals surface area (Å²) in [4.78, 5) is 51.8. The van der Waals surface area contributed by atoms with Gasteiger partial charge in [0.25, 0.3) is 0 Å².